The van der Waals surface area contributed by atoms with Crippen LogP contribution in [0.1, 0.15) is 19.3 Å². The molecule has 62 valence electrons. The van der Waals surface area contributed by atoms with Crippen LogP contribution in [0.2, 0.25) is 0 Å². The highest BCUT2D eigenvalue weighted by molar-refractivity contribution is 14.1. The van der Waals surface area contributed by atoms with Gasteiger partial charge in [0.05, 0.1) is 5.75 Å². The minimum atomic E-state index is -3.21. The molecule has 0 aliphatic rings. The van der Waals surface area contributed by atoms with Gasteiger partial charge in [-0.15, -0.1) is 0 Å². The van der Waals surface area contributed by atoms with Gasteiger partial charge in [-0.3, -0.25) is 0 Å². The van der Waals surface area contributed by atoms with Crippen LogP contribution in [0.3, 0.4) is 0 Å². The second-order valence-corrected chi connectivity index (χ2v) is 4.93. The molecule has 0 aromatic heterocycles. The van der Waals surface area contributed by atoms with E-state index in [1.54, 1.807) is 0 Å². The number of halogens is 1. The third-order valence-electron chi connectivity index (χ3n) is 1.06. The molecule has 0 amide bonds. The van der Waals surface area contributed by atoms with Gasteiger partial charge >= 0.3 is 0 Å². The summed E-state index contributed by atoms with van der Waals surface area (Å²) in [4.78, 5) is 0. The molecule has 0 aromatic carbocycles. The van der Waals surface area contributed by atoms with Crippen LogP contribution in [0.4, 0.5) is 0 Å². The molecule has 0 aromatic rings. The van der Waals surface area contributed by atoms with Gasteiger partial charge in [-0.1, -0.05) is 29.0 Å². The molecule has 0 unspecified atom stereocenters. The molecule has 0 saturated carbocycles. The summed E-state index contributed by atoms with van der Waals surface area (Å²) in [7, 11) is -3.21. The predicted molar refractivity (Wildman–Crippen MR) is 50.7 cm³/mol. The smallest absolute Gasteiger partial charge is 0.209 e. The van der Waals surface area contributed by atoms with Gasteiger partial charge in [0.25, 0.3) is 0 Å². The Hall–Kier alpha value is 0.640. The van der Waals surface area contributed by atoms with Crippen molar-refractivity contribution in [3.8, 4) is 0 Å². The number of hydrogen-bond donors (Lipinski definition) is 1. The second-order valence-electron chi connectivity index (χ2n) is 2.12. The topological polar surface area (TPSA) is 60.2 Å². The average Bonchev–Trinajstić information content (AvgIpc) is 1.78. The number of unbranched alkanes of at least 4 members (excludes halogenated alkanes) is 2. The lowest BCUT2D eigenvalue weighted by Crippen LogP contribution is -2.16. The quantitative estimate of drug-likeness (QED) is 0.460. The molecule has 5 heteroatoms. The molecule has 0 rings (SSSR count). The van der Waals surface area contributed by atoms with Crippen molar-refractivity contribution in [2.45, 2.75) is 19.3 Å². The van der Waals surface area contributed by atoms with Gasteiger partial charge in [0.2, 0.25) is 10.0 Å². The minimum Gasteiger partial charge on any atom is -0.229 e. The van der Waals surface area contributed by atoms with Crippen LogP contribution in [0, 0.1) is 0 Å². The second kappa shape index (κ2) is 5.31. The molecule has 0 aliphatic carbocycles. The lowest BCUT2D eigenvalue weighted by atomic mass is 10.3. The number of sulfonamides is 1. The zero-order valence-corrected chi connectivity index (χ0v) is 8.69. The third kappa shape index (κ3) is 8.64. The first-order valence-corrected chi connectivity index (χ1v) is 6.37. The van der Waals surface area contributed by atoms with Crippen LogP contribution < -0.4 is 5.14 Å². The molecule has 0 heterocycles. The highest BCUT2D eigenvalue weighted by Crippen LogP contribution is 1.99. The molecular weight excluding hydrogens is 265 g/mol. The molecule has 0 bridgehead atoms. The predicted octanol–water partition coefficient (Wildman–Crippen LogP) is 0.880. The molecule has 0 fully saturated rings. The van der Waals surface area contributed by atoms with Gasteiger partial charge in [-0.2, -0.15) is 0 Å². The van der Waals surface area contributed by atoms with Gasteiger partial charge in [0.15, 0.2) is 0 Å². The van der Waals surface area contributed by atoms with Crippen molar-refractivity contribution in [2.24, 2.45) is 5.14 Å². The van der Waals surface area contributed by atoms with E-state index in [9.17, 15) is 8.42 Å². The Morgan fingerprint density at radius 3 is 2.20 bits per heavy atom. The number of alkyl halides is 1. The minimum absolute atomic E-state index is 0.129. The van der Waals surface area contributed by atoms with Crippen LogP contribution in [0.15, 0.2) is 0 Å². The van der Waals surface area contributed by atoms with Crippen molar-refractivity contribution in [1.82, 2.24) is 0 Å². The van der Waals surface area contributed by atoms with Gasteiger partial charge in [-0.05, 0) is 17.3 Å². The Bertz CT molecular complexity index is 166. The molecule has 10 heavy (non-hydrogen) atoms. The fraction of sp³-hybridized carbons (Fsp3) is 1.00. The lowest BCUT2D eigenvalue weighted by Gasteiger charge is -1.95. The van der Waals surface area contributed by atoms with Crippen LogP contribution in [0.25, 0.3) is 0 Å². The van der Waals surface area contributed by atoms with Gasteiger partial charge in [-0.25, -0.2) is 13.6 Å². The van der Waals surface area contributed by atoms with E-state index in [0.717, 1.165) is 17.3 Å². The monoisotopic (exact) mass is 277 g/mol. The summed E-state index contributed by atoms with van der Waals surface area (Å²) in [6, 6.07) is 0. The molecule has 0 atom stereocenters. The zero-order chi connectivity index (χ0) is 8.04. The summed E-state index contributed by atoms with van der Waals surface area (Å²) in [6.07, 6.45) is 2.73. The van der Waals surface area contributed by atoms with Crippen LogP contribution in [-0.4, -0.2) is 18.6 Å². The lowest BCUT2D eigenvalue weighted by molar-refractivity contribution is 0.593. The standard InChI is InChI=1S/C5H12INO2S/c6-4-2-1-3-5-10(7,8)9/h1-5H2,(H2,7,8,9). The normalized spacial score (nSPS) is 11.8. The number of rotatable bonds is 5. The van der Waals surface area contributed by atoms with Crippen LogP contribution >= 0.6 is 22.6 Å². The maximum atomic E-state index is 10.4. The SMILES string of the molecule is NS(=O)(=O)CCCCCI. The maximum Gasteiger partial charge on any atom is 0.209 e. The molecule has 0 radical (unpaired) electrons. The first kappa shape index (κ1) is 10.6. The summed E-state index contributed by atoms with van der Waals surface area (Å²) < 4.78 is 21.8. The van der Waals surface area contributed by atoms with Crippen LogP contribution in [-0.2, 0) is 10.0 Å². The van der Waals surface area contributed by atoms with E-state index in [1.807, 2.05) is 0 Å². The molecule has 2 N–H and O–H groups in total. The van der Waals surface area contributed by atoms with Gasteiger partial charge < -0.3 is 0 Å². The highest BCUT2D eigenvalue weighted by Gasteiger charge is 2.00. The number of hydrogen-bond acceptors (Lipinski definition) is 2. The highest BCUT2D eigenvalue weighted by atomic mass is 127. The van der Waals surface area contributed by atoms with E-state index in [4.69, 9.17) is 5.14 Å². The summed E-state index contributed by atoms with van der Waals surface area (Å²) in [5, 5.41) is 4.79. The Balaban J connectivity index is 3.21. The van der Waals surface area contributed by atoms with E-state index in [-0.39, 0.29) is 5.75 Å². The fourth-order valence-electron chi connectivity index (χ4n) is 0.575. The van der Waals surface area contributed by atoms with Crippen molar-refractivity contribution in [3.05, 3.63) is 0 Å². The van der Waals surface area contributed by atoms with E-state index < -0.39 is 10.0 Å². The Morgan fingerprint density at radius 2 is 1.80 bits per heavy atom. The van der Waals surface area contributed by atoms with Crippen molar-refractivity contribution >= 4 is 32.6 Å². The molecule has 3 nitrogen and oxygen atoms in total. The van der Waals surface area contributed by atoms with Gasteiger partial charge in [0, 0.05) is 0 Å². The van der Waals surface area contributed by atoms with Gasteiger partial charge in [0.1, 0.15) is 0 Å². The van der Waals surface area contributed by atoms with E-state index in [2.05, 4.69) is 22.6 Å². The fourth-order valence-corrected chi connectivity index (χ4v) is 1.72. The van der Waals surface area contributed by atoms with E-state index >= 15 is 0 Å². The largest absolute Gasteiger partial charge is 0.229 e. The molecule has 0 spiro atoms. The Morgan fingerprint density at radius 1 is 1.20 bits per heavy atom. The van der Waals surface area contributed by atoms with E-state index in [0.29, 0.717) is 6.42 Å². The van der Waals surface area contributed by atoms with Crippen molar-refractivity contribution in [3.63, 3.8) is 0 Å². The summed E-state index contributed by atoms with van der Waals surface area (Å²) in [5.41, 5.74) is 0. The number of primary sulfonamides is 1. The maximum absolute atomic E-state index is 10.4. The molecule has 0 saturated heterocycles. The third-order valence-corrected chi connectivity index (χ3v) is 2.68. The average molecular weight is 277 g/mol. The summed E-state index contributed by atoms with van der Waals surface area (Å²) in [6.45, 7) is 0. The first-order valence-electron chi connectivity index (χ1n) is 3.12. The molecular formula is C5H12INO2S. The number of nitrogens with two attached hydrogens (primary N) is 1. The van der Waals surface area contributed by atoms with E-state index in [1.165, 1.54) is 0 Å². The first-order chi connectivity index (χ1) is 4.56. The zero-order valence-electron chi connectivity index (χ0n) is 5.72. The molecule has 0 aliphatic heterocycles. The van der Waals surface area contributed by atoms with Crippen molar-refractivity contribution < 1.29 is 8.42 Å². The Kier molecular flexibility index (Phi) is 5.65. The van der Waals surface area contributed by atoms with Crippen LogP contribution in [0.5, 0.6) is 0 Å². The van der Waals surface area contributed by atoms with Crippen molar-refractivity contribution in [2.75, 3.05) is 10.2 Å². The summed E-state index contributed by atoms with van der Waals surface area (Å²) >= 11 is 2.27. The van der Waals surface area contributed by atoms with Crippen molar-refractivity contribution in [1.29, 1.82) is 0 Å². The Labute approximate surface area is 75.6 Å². The summed E-state index contributed by atoms with van der Waals surface area (Å²) in [5.74, 6) is 0.129.